The summed E-state index contributed by atoms with van der Waals surface area (Å²) in [6.07, 6.45) is 2.90. The van der Waals surface area contributed by atoms with Crippen molar-refractivity contribution in [3.63, 3.8) is 0 Å². The van der Waals surface area contributed by atoms with E-state index >= 15 is 0 Å². The average molecular weight is 570 g/mol. The first-order valence-electron chi connectivity index (χ1n) is 13.8. The Kier molecular flexibility index (Phi) is 5.35. The molecule has 10 nitrogen and oxygen atoms in total. The maximum atomic E-state index is 14.3. The number of alkyl halides is 1. The quantitative estimate of drug-likeness (QED) is 0.532. The van der Waals surface area contributed by atoms with E-state index in [1.807, 2.05) is 11.8 Å². The van der Waals surface area contributed by atoms with Crippen molar-refractivity contribution in [3.05, 3.63) is 16.0 Å². The minimum atomic E-state index is -0.804. The zero-order valence-electron chi connectivity index (χ0n) is 21.9. The van der Waals surface area contributed by atoms with Gasteiger partial charge in [0.25, 0.3) is 0 Å². The molecule has 5 atom stereocenters. The van der Waals surface area contributed by atoms with Crippen LogP contribution in [0.5, 0.6) is 6.01 Å². The molecule has 39 heavy (non-hydrogen) atoms. The Hall–Kier alpha value is -2.40. The summed E-state index contributed by atoms with van der Waals surface area (Å²) in [6, 6.07) is 3.47. The van der Waals surface area contributed by atoms with Gasteiger partial charge in [0.05, 0.1) is 21.9 Å². The number of ether oxygens (including phenoxy) is 1. The summed E-state index contributed by atoms with van der Waals surface area (Å²) in [5.74, 6) is 2.69. The minimum absolute atomic E-state index is 0.158. The van der Waals surface area contributed by atoms with E-state index in [9.17, 15) is 9.65 Å². The number of aromatic nitrogens is 3. The van der Waals surface area contributed by atoms with Crippen molar-refractivity contribution in [2.75, 3.05) is 61.9 Å². The summed E-state index contributed by atoms with van der Waals surface area (Å²) in [6.45, 7) is 4.25. The largest absolute Gasteiger partial charge is 0.461 e. The topological polar surface area (TPSA) is 119 Å². The van der Waals surface area contributed by atoms with Crippen molar-refractivity contribution in [2.24, 2.45) is 5.92 Å². The van der Waals surface area contributed by atoms with Crippen molar-refractivity contribution in [1.29, 1.82) is 5.26 Å². The number of halogens is 1. The predicted molar refractivity (Wildman–Crippen MR) is 149 cm³/mol. The summed E-state index contributed by atoms with van der Waals surface area (Å²) >= 11 is 3.42. The van der Waals surface area contributed by atoms with E-state index in [4.69, 9.17) is 25.4 Å². The lowest BCUT2D eigenvalue weighted by Gasteiger charge is -2.48. The molecule has 5 saturated heterocycles. The second-order valence-corrected chi connectivity index (χ2v) is 14.6. The molecule has 0 amide bonds. The summed E-state index contributed by atoms with van der Waals surface area (Å²) in [5.41, 5.74) is 7.65. The molecular weight excluding hydrogens is 537 g/mol. The van der Waals surface area contributed by atoms with E-state index in [0.717, 1.165) is 37.2 Å². The first-order chi connectivity index (χ1) is 18.9. The molecule has 2 aromatic heterocycles. The molecule has 7 aliphatic rings. The lowest BCUT2D eigenvalue weighted by Crippen LogP contribution is -2.57. The molecule has 0 radical (unpaired) electrons. The summed E-state index contributed by atoms with van der Waals surface area (Å²) in [7, 11) is 2.06. The Morgan fingerprint density at radius 2 is 2.21 bits per heavy atom. The fourth-order valence-electron chi connectivity index (χ4n) is 7.94. The molecule has 2 aromatic rings. The van der Waals surface area contributed by atoms with Crippen LogP contribution in [-0.2, 0) is 10.5 Å². The number of hydrogen-bond donors (Lipinski definition) is 2. The maximum absolute atomic E-state index is 14.3. The lowest BCUT2D eigenvalue weighted by molar-refractivity contribution is 0.107. The number of nitrogens with two attached hydrogens (primary N) is 1. The fourth-order valence-corrected chi connectivity index (χ4v) is 10.8. The van der Waals surface area contributed by atoms with Gasteiger partial charge in [-0.05, 0) is 31.7 Å². The fraction of sp³-hybridized carbons (Fsp3) is 0.692. The normalized spacial score (nSPS) is 33.5. The van der Waals surface area contributed by atoms with E-state index in [-0.39, 0.29) is 10.3 Å². The van der Waals surface area contributed by atoms with Gasteiger partial charge in [-0.2, -0.15) is 20.2 Å². The molecule has 1 saturated carbocycles. The number of nitrogens with one attached hydrogen (secondary N) is 1. The van der Waals surface area contributed by atoms with Crippen molar-refractivity contribution < 1.29 is 9.13 Å². The number of anilines is 3. The van der Waals surface area contributed by atoms with Gasteiger partial charge in [-0.1, -0.05) is 0 Å². The molecule has 6 aliphatic heterocycles. The number of rotatable bonds is 6. The number of nitrogens with zero attached hydrogens (tertiary/aromatic N) is 7. The van der Waals surface area contributed by atoms with Crippen LogP contribution in [0.4, 0.5) is 21.3 Å². The van der Waals surface area contributed by atoms with Crippen LogP contribution in [0.15, 0.2) is 0 Å². The predicted octanol–water partition coefficient (Wildman–Crippen LogP) is 2.10. The highest BCUT2D eigenvalue weighted by atomic mass is 32.2. The Morgan fingerprint density at radius 3 is 2.97 bits per heavy atom. The molecular formula is C26H32FN9OS2. The van der Waals surface area contributed by atoms with Gasteiger partial charge in [0.1, 0.15) is 23.8 Å². The van der Waals surface area contributed by atoms with Crippen molar-refractivity contribution in [2.45, 2.75) is 60.0 Å². The van der Waals surface area contributed by atoms with E-state index in [1.165, 1.54) is 11.3 Å². The SMILES string of the molecule is CN(c1nc(OC[C@@]23CCCN2C[C@H](F)C3)nc(N2CC3(C2)SCc2sc(N)c(C#N)c23)n1)[C@H]1[C@H]2CN[C@@H]1C2. The van der Waals surface area contributed by atoms with Crippen molar-refractivity contribution in [1.82, 2.24) is 25.2 Å². The van der Waals surface area contributed by atoms with E-state index in [1.54, 1.807) is 11.3 Å². The van der Waals surface area contributed by atoms with E-state index < -0.39 is 6.17 Å². The Morgan fingerprint density at radius 1 is 1.33 bits per heavy atom. The van der Waals surface area contributed by atoms with Gasteiger partial charge < -0.3 is 25.6 Å². The van der Waals surface area contributed by atoms with Crippen LogP contribution in [0, 0.1) is 17.2 Å². The number of nitrogen functional groups attached to an aromatic ring is 1. The van der Waals surface area contributed by atoms with E-state index in [0.29, 0.717) is 79.1 Å². The Labute approximate surface area is 235 Å². The molecule has 6 fully saturated rings. The van der Waals surface area contributed by atoms with Crippen LogP contribution in [-0.4, -0.2) is 90.0 Å². The Balaban J connectivity index is 1.08. The summed E-state index contributed by atoms with van der Waals surface area (Å²) < 4.78 is 20.5. The molecule has 206 valence electrons. The highest BCUT2D eigenvalue weighted by Gasteiger charge is 2.54. The zero-order chi connectivity index (χ0) is 26.5. The molecule has 0 aromatic carbocycles. The van der Waals surface area contributed by atoms with Gasteiger partial charge in [-0.3, -0.25) is 4.90 Å². The zero-order valence-corrected chi connectivity index (χ0v) is 23.5. The van der Waals surface area contributed by atoms with Crippen molar-refractivity contribution >= 4 is 40.0 Å². The van der Waals surface area contributed by atoms with Crippen molar-refractivity contribution in [3.8, 4) is 12.1 Å². The van der Waals surface area contributed by atoms with Crippen LogP contribution < -0.4 is 25.6 Å². The average Bonchev–Trinajstić information content (AvgIpc) is 3.70. The molecule has 13 heteroatoms. The Bertz CT molecular complexity index is 1360. The third-order valence-electron chi connectivity index (χ3n) is 9.91. The van der Waals surface area contributed by atoms with Gasteiger partial charge in [-0.15, -0.1) is 23.1 Å². The molecule has 1 aliphatic carbocycles. The number of thiophene rings is 1. The van der Waals surface area contributed by atoms with Crippen LogP contribution in [0.2, 0.25) is 0 Å². The number of likely N-dealkylation sites (N-methyl/N-ethyl adjacent to an activating group) is 1. The maximum Gasteiger partial charge on any atom is 0.323 e. The van der Waals surface area contributed by atoms with Crippen LogP contribution in [0.1, 0.15) is 41.7 Å². The van der Waals surface area contributed by atoms with Crippen LogP contribution in [0.3, 0.4) is 0 Å². The lowest BCUT2D eigenvalue weighted by atomic mass is 9.79. The summed E-state index contributed by atoms with van der Waals surface area (Å²) in [4.78, 5) is 22.3. The summed E-state index contributed by atoms with van der Waals surface area (Å²) in [5, 5.41) is 14.0. The third-order valence-corrected chi connectivity index (χ3v) is 12.6. The monoisotopic (exact) mass is 569 g/mol. The second kappa shape index (κ2) is 8.55. The molecule has 1 spiro atoms. The highest BCUT2D eigenvalue weighted by molar-refractivity contribution is 8.00. The molecule has 9 rings (SSSR count). The van der Waals surface area contributed by atoms with Crippen LogP contribution in [0.25, 0.3) is 0 Å². The number of nitriles is 1. The first kappa shape index (κ1) is 24.4. The van der Waals surface area contributed by atoms with Gasteiger partial charge in [0.2, 0.25) is 11.9 Å². The first-order valence-corrected chi connectivity index (χ1v) is 15.6. The highest BCUT2D eigenvalue weighted by Crippen LogP contribution is 2.57. The number of fused-ring (bicyclic) bond motifs is 4. The minimum Gasteiger partial charge on any atom is -0.461 e. The smallest absolute Gasteiger partial charge is 0.323 e. The molecule has 0 unspecified atom stereocenters. The van der Waals surface area contributed by atoms with Gasteiger partial charge in [0.15, 0.2) is 0 Å². The van der Waals surface area contributed by atoms with Crippen LogP contribution >= 0.6 is 23.1 Å². The van der Waals surface area contributed by atoms with E-state index in [2.05, 4.69) is 33.1 Å². The molecule has 3 N–H and O–H groups in total. The molecule has 2 bridgehead atoms. The second-order valence-electron chi connectivity index (χ2n) is 12.1. The van der Waals surface area contributed by atoms with Gasteiger partial charge >= 0.3 is 6.01 Å². The van der Waals surface area contributed by atoms with Gasteiger partial charge in [0, 0.05) is 61.9 Å². The van der Waals surface area contributed by atoms with Gasteiger partial charge in [-0.25, -0.2) is 4.39 Å². The number of hydrogen-bond acceptors (Lipinski definition) is 12. The standard InChI is InChI=1S/C26H32FN9OS2/c1-34(20-14-5-17(20)30-8-14)22-31-23(33-24(32-22)37-13-25-3-2-4-36(25)9-15(27)6-25)35-11-26(12-35)19-16(7-28)21(29)39-18(19)10-38-26/h14-15,17,20,30H,2-6,8-13,29H2,1H3/t14-,15-,17-,20+,25+/m1/s1. The number of thioether (sulfide) groups is 1. The third kappa shape index (κ3) is 3.54. The molecule has 8 heterocycles.